The number of ether oxygens (including phenoxy) is 5. The zero-order chi connectivity index (χ0) is 26.6. The van der Waals surface area contributed by atoms with E-state index in [0.29, 0.717) is 47.4 Å². The molecule has 0 saturated carbocycles. The van der Waals surface area contributed by atoms with Crippen LogP contribution in [-0.4, -0.2) is 57.9 Å². The summed E-state index contributed by atoms with van der Waals surface area (Å²) in [5.41, 5.74) is 2.24. The standard InChI is InChI=1S/C29H30N2O7/c1-34-20-6-4-5-19(12-20)29(33)31-15-23(22-9-8-21(35-2)13-26(22)36-3)24(16-31)28(32)30-14-18-7-10-25-27(11-18)38-17-37-25/h4-13,23-24H,14-17H2,1-3H3,(H,30,32)/t23-,24-/m0/s1. The molecule has 3 aromatic carbocycles. The normalized spacial score (nSPS) is 17.7. The van der Waals surface area contributed by atoms with Gasteiger partial charge in [-0.15, -0.1) is 0 Å². The molecular weight excluding hydrogens is 488 g/mol. The molecule has 0 aromatic heterocycles. The number of nitrogens with zero attached hydrogens (tertiary/aromatic N) is 1. The highest BCUT2D eigenvalue weighted by Crippen LogP contribution is 2.40. The van der Waals surface area contributed by atoms with E-state index in [2.05, 4.69) is 5.32 Å². The fraction of sp³-hybridized carbons (Fsp3) is 0.310. The minimum atomic E-state index is -0.485. The number of hydrogen-bond donors (Lipinski definition) is 1. The van der Waals surface area contributed by atoms with Gasteiger partial charge >= 0.3 is 0 Å². The van der Waals surface area contributed by atoms with Gasteiger partial charge in [-0.05, 0) is 42.0 Å². The molecule has 2 heterocycles. The van der Waals surface area contributed by atoms with Gasteiger partial charge in [-0.2, -0.15) is 0 Å². The number of likely N-dealkylation sites (tertiary alicyclic amines) is 1. The molecule has 0 unspecified atom stereocenters. The Morgan fingerprint density at radius 2 is 1.68 bits per heavy atom. The Kier molecular flexibility index (Phi) is 7.26. The molecule has 9 nitrogen and oxygen atoms in total. The van der Waals surface area contributed by atoms with E-state index in [4.69, 9.17) is 23.7 Å². The van der Waals surface area contributed by atoms with Crippen LogP contribution >= 0.6 is 0 Å². The highest BCUT2D eigenvalue weighted by Gasteiger charge is 2.42. The van der Waals surface area contributed by atoms with Crippen LogP contribution in [0, 0.1) is 5.92 Å². The van der Waals surface area contributed by atoms with Crippen LogP contribution < -0.4 is 29.0 Å². The van der Waals surface area contributed by atoms with Crippen LogP contribution in [0.25, 0.3) is 0 Å². The van der Waals surface area contributed by atoms with E-state index < -0.39 is 5.92 Å². The summed E-state index contributed by atoms with van der Waals surface area (Å²) in [6, 6.07) is 18.2. The smallest absolute Gasteiger partial charge is 0.254 e. The Hall–Kier alpha value is -4.40. The van der Waals surface area contributed by atoms with Crippen molar-refractivity contribution in [1.82, 2.24) is 10.2 Å². The van der Waals surface area contributed by atoms with Crippen LogP contribution in [0.2, 0.25) is 0 Å². The van der Waals surface area contributed by atoms with Crippen molar-refractivity contribution in [2.24, 2.45) is 5.92 Å². The lowest BCUT2D eigenvalue weighted by molar-refractivity contribution is -0.125. The minimum Gasteiger partial charge on any atom is -0.497 e. The average Bonchev–Trinajstić information content (AvgIpc) is 3.62. The van der Waals surface area contributed by atoms with E-state index in [1.54, 1.807) is 56.6 Å². The van der Waals surface area contributed by atoms with Crippen molar-refractivity contribution in [2.45, 2.75) is 12.5 Å². The van der Waals surface area contributed by atoms with Gasteiger partial charge in [0.1, 0.15) is 17.2 Å². The zero-order valence-electron chi connectivity index (χ0n) is 21.6. The van der Waals surface area contributed by atoms with Gasteiger partial charge in [-0.25, -0.2) is 0 Å². The van der Waals surface area contributed by atoms with E-state index in [1.165, 1.54) is 0 Å². The first-order valence-electron chi connectivity index (χ1n) is 12.3. The fourth-order valence-electron chi connectivity index (χ4n) is 4.99. The first-order valence-corrected chi connectivity index (χ1v) is 12.3. The first-order chi connectivity index (χ1) is 18.5. The molecule has 5 rings (SSSR count). The summed E-state index contributed by atoms with van der Waals surface area (Å²) in [7, 11) is 4.73. The molecule has 1 N–H and O–H groups in total. The molecular formula is C29H30N2O7. The number of amides is 2. The number of fused-ring (bicyclic) bond motifs is 1. The molecule has 1 fully saturated rings. The summed E-state index contributed by atoms with van der Waals surface area (Å²) in [5, 5.41) is 3.05. The molecule has 2 aliphatic heterocycles. The number of nitrogens with one attached hydrogen (secondary N) is 1. The molecule has 2 amide bonds. The third-order valence-corrected chi connectivity index (χ3v) is 7.00. The number of methoxy groups -OCH3 is 3. The number of rotatable bonds is 8. The monoisotopic (exact) mass is 518 g/mol. The second-order valence-corrected chi connectivity index (χ2v) is 9.17. The van der Waals surface area contributed by atoms with E-state index in [0.717, 1.165) is 11.1 Å². The quantitative estimate of drug-likeness (QED) is 0.487. The Labute approximate surface area is 221 Å². The fourth-order valence-corrected chi connectivity index (χ4v) is 4.99. The van der Waals surface area contributed by atoms with Gasteiger partial charge < -0.3 is 33.9 Å². The van der Waals surface area contributed by atoms with E-state index in [1.807, 2.05) is 30.3 Å². The number of hydrogen-bond acceptors (Lipinski definition) is 7. The molecule has 198 valence electrons. The molecule has 38 heavy (non-hydrogen) atoms. The predicted octanol–water partition coefficient (Wildman–Crippen LogP) is 3.61. The summed E-state index contributed by atoms with van der Waals surface area (Å²) < 4.78 is 27.1. The highest BCUT2D eigenvalue weighted by molar-refractivity contribution is 5.95. The Balaban J connectivity index is 1.39. The van der Waals surface area contributed by atoms with Crippen molar-refractivity contribution in [1.29, 1.82) is 0 Å². The molecule has 2 atom stereocenters. The molecule has 1 saturated heterocycles. The average molecular weight is 519 g/mol. The van der Waals surface area contributed by atoms with Crippen molar-refractivity contribution in [3.05, 3.63) is 77.4 Å². The second-order valence-electron chi connectivity index (χ2n) is 9.17. The maximum absolute atomic E-state index is 13.6. The van der Waals surface area contributed by atoms with Crippen LogP contribution in [0.15, 0.2) is 60.7 Å². The van der Waals surface area contributed by atoms with Crippen molar-refractivity contribution < 1.29 is 33.3 Å². The van der Waals surface area contributed by atoms with Crippen LogP contribution in [0.4, 0.5) is 0 Å². The number of carbonyl (C=O) groups excluding carboxylic acids is 2. The van der Waals surface area contributed by atoms with Crippen LogP contribution in [0.1, 0.15) is 27.4 Å². The van der Waals surface area contributed by atoms with Gasteiger partial charge in [0.15, 0.2) is 11.5 Å². The molecule has 0 radical (unpaired) electrons. The Bertz CT molecular complexity index is 1340. The highest BCUT2D eigenvalue weighted by atomic mass is 16.7. The summed E-state index contributed by atoms with van der Waals surface area (Å²) >= 11 is 0. The summed E-state index contributed by atoms with van der Waals surface area (Å²) in [5.74, 6) is 2.14. The number of carbonyl (C=O) groups is 2. The molecule has 2 aliphatic rings. The third-order valence-electron chi connectivity index (χ3n) is 7.00. The molecule has 0 spiro atoms. The van der Waals surface area contributed by atoms with E-state index in [9.17, 15) is 9.59 Å². The molecule has 3 aromatic rings. The van der Waals surface area contributed by atoms with Gasteiger partial charge in [0.05, 0.1) is 27.2 Å². The zero-order valence-corrected chi connectivity index (χ0v) is 21.6. The van der Waals surface area contributed by atoms with Gasteiger partial charge in [0.2, 0.25) is 12.7 Å². The number of benzene rings is 3. The van der Waals surface area contributed by atoms with Gasteiger partial charge in [-0.1, -0.05) is 18.2 Å². The maximum atomic E-state index is 13.6. The van der Waals surface area contributed by atoms with Crippen LogP contribution in [0.3, 0.4) is 0 Å². The predicted molar refractivity (Wildman–Crippen MR) is 139 cm³/mol. The lowest BCUT2D eigenvalue weighted by Gasteiger charge is -2.21. The van der Waals surface area contributed by atoms with Crippen LogP contribution in [-0.2, 0) is 11.3 Å². The van der Waals surface area contributed by atoms with Crippen molar-refractivity contribution in [3.8, 4) is 28.7 Å². The lowest BCUT2D eigenvalue weighted by Crippen LogP contribution is -2.35. The lowest BCUT2D eigenvalue weighted by atomic mass is 9.87. The van der Waals surface area contributed by atoms with Gasteiger partial charge in [0, 0.05) is 42.7 Å². The van der Waals surface area contributed by atoms with E-state index in [-0.39, 0.29) is 31.1 Å². The minimum absolute atomic E-state index is 0.147. The summed E-state index contributed by atoms with van der Waals surface area (Å²) in [4.78, 5) is 28.8. The Morgan fingerprint density at radius 1 is 0.895 bits per heavy atom. The van der Waals surface area contributed by atoms with Crippen molar-refractivity contribution >= 4 is 11.8 Å². The van der Waals surface area contributed by atoms with Gasteiger partial charge in [0.25, 0.3) is 5.91 Å². The summed E-state index contributed by atoms with van der Waals surface area (Å²) in [6.07, 6.45) is 0. The largest absolute Gasteiger partial charge is 0.497 e. The second kappa shape index (κ2) is 10.9. The van der Waals surface area contributed by atoms with Crippen molar-refractivity contribution in [3.63, 3.8) is 0 Å². The third kappa shape index (κ3) is 5.04. The molecule has 0 aliphatic carbocycles. The van der Waals surface area contributed by atoms with Crippen molar-refractivity contribution in [2.75, 3.05) is 41.2 Å². The maximum Gasteiger partial charge on any atom is 0.254 e. The first kappa shape index (κ1) is 25.3. The Morgan fingerprint density at radius 3 is 2.47 bits per heavy atom. The SMILES string of the molecule is COc1cccc(C(=O)N2C[C@H](C(=O)NCc3ccc4c(c3)OCO4)[C@H](c3ccc(OC)cc3OC)C2)c1. The van der Waals surface area contributed by atoms with Crippen LogP contribution in [0.5, 0.6) is 28.7 Å². The summed E-state index contributed by atoms with van der Waals surface area (Å²) in [6.45, 7) is 1.14. The molecule has 9 heteroatoms. The molecule has 0 bridgehead atoms. The topological polar surface area (TPSA) is 95.6 Å². The van der Waals surface area contributed by atoms with Gasteiger partial charge in [-0.3, -0.25) is 9.59 Å². The van der Waals surface area contributed by atoms with E-state index >= 15 is 0 Å².